The number of anilines is 3. The Morgan fingerprint density at radius 3 is 2.53 bits per heavy atom. The molecule has 1 aromatic carbocycles. The third-order valence-electron chi connectivity index (χ3n) is 2.82. The zero-order valence-corrected chi connectivity index (χ0v) is 11.4. The number of nitrogens with zero attached hydrogens (tertiary/aromatic N) is 3. The van der Waals surface area contributed by atoms with E-state index in [1.165, 1.54) is 5.56 Å². The zero-order chi connectivity index (χ0) is 13.8. The minimum Gasteiger partial charge on any atom is -0.384 e. The Kier molecular flexibility index (Phi) is 3.97. The first kappa shape index (κ1) is 13.3. The summed E-state index contributed by atoms with van der Waals surface area (Å²) in [6.07, 6.45) is 0. The Morgan fingerprint density at radius 2 is 1.89 bits per heavy atom. The summed E-state index contributed by atoms with van der Waals surface area (Å²) in [5, 5.41) is 0. The first-order valence-corrected chi connectivity index (χ1v) is 6.03. The fraction of sp³-hybridized carbons (Fsp3) is 0.286. The largest absolute Gasteiger partial charge is 0.384 e. The smallest absolute Gasteiger partial charge is 0.158 e. The zero-order valence-electron chi connectivity index (χ0n) is 11.4. The molecule has 1 aromatic heterocycles. The highest BCUT2D eigenvalue weighted by molar-refractivity contribution is 5.61. The SMILES string of the molecule is COCc1nc(N)cc(N(C)c2ccc(C)cc2)n1. The van der Waals surface area contributed by atoms with E-state index in [2.05, 4.69) is 29.0 Å². The van der Waals surface area contributed by atoms with Gasteiger partial charge < -0.3 is 15.4 Å². The van der Waals surface area contributed by atoms with Crippen LogP contribution in [0.5, 0.6) is 0 Å². The first-order valence-electron chi connectivity index (χ1n) is 6.03. The molecule has 5 heteroatoms. The molecule has 0 aliphatic rings. The quantitative estimate of drug-likeness (QED) is 0.911. The van der Waals surface area contributed by atoms with Crippen molar-refractivity contribution in [3.05, 3.63) is 41.7 Å². The molecule has 0 unspecified atom stereocenters. The minimum absolute atomic E-state index is 0.347. The number of benzene rings is 1. The normalized spacial score (nSPS) is 10.5. The Hall–Kier alpha value is -2.14. The maximum Gasteiger partial charge on any atom is 0.158 e. The van der Waals surface area contributed by atoms with Crippen molar-refractivity contribution >= 4 is 17.3 Å². The van der Waals surface area contributed by atoms with Crippen LogP contribution >= 0.6 is 0 Å². The summed E-state index contributed by atoms with van der Waals surface area (Å²) >= 11 is 0. The van der Waals surface area contributed by atoms with Crippen LogP contribution in [0.25, 0.3) is 0 Å². The molecule has 0 aliphatic carbocycles. The number of aryl methyl sites for hydroxylation is 1. The van der Waals surface area contributed by atoms with Gasteiger partial charge in [0.05, 0.1) is 0 Å². The highest BCUT2D eigenvalue weighted by Crippen LogP contribution is 2.23. The lowest BCUT2D eigenvalue weighted by atomic mass is 10.2. The lowest BCUT2D eigenvalue weighted by molar-refractivity contribution is 0.178. The van der Waals surface area contributed by atoms with Crippen molar-refractivity contribution in [1.82, 2.24) is 9.97 Å². The predicted octanol–water partition coefficient (Wildman–Crippen LogP) is 2.28. The Balaban J connectivity index is 2.32. The fourth-order valence-electron chi connectivity index (χ4n) is 1.77. The van der Waals surface area contributed by atoms with Gasteiger partial charge in [0.1, 0.15) is 18.2 Å². The summed E-state index contributed by atoms with van der Waals surface area (Å²) in [6.45, 7) is 2.41. The second-order valence-corrected chi connectivity index (χ2v) is 4.39. The molecule has 2 N–H and O–H groups in total. The molecular weight excluding hydrogens is 240 g/mol. The average Bonchev–Trinajstić information content (AvgIpc) is 2.38. The summed E-state index contributed by atoms with van der Waals surface area (Å²) < 4.78 is 5.04. The summed E-state index contributed by atoms with van der Waals surface area (Å²) in [5.74, 6) is 1.77. The second-order valence-electron chi connectivity index (χ2n) is 4.39. The van der Waals surface area contributed by atoms with Crippen LogP contribution in [-0.2, 0) is 11.3 Å². The number of rotatable bonds is 4. The Labute approximate surface area is 113 Å². The lowest BCUT2D eigenvalue weighted by Crippen LogP contribution is -2.14. The van der Waals surface area contributed by atoms with Gasteiger partial charge in [0.25, 0.3) is 0 Å². The van der Waals surface area contributed by atoms with Crippen molar-refractivity contribution in [2.24, 2.45) is 0 Å². The van der Waals surface area contributed by atoms with Crippen molar-refractivity contribution in [1.29, 1.82) is 0 Å². The number of nitrogens with two attached hydrogens (primary N) is 1. The van der Waals surface area contributed by atoms with Gasteiger partial charge in [-0.25, -0.2) is 9.97 Å². The molecule has 2 rings (SSSR count). The monoisotopic (exact) mass is 258 g/mol. The van der Waals surface area contributed by atoms with Gasteiger partial charge in [-0.05, 0) is 19.1 Å². The molecular formula is C14H18N4O. The summed E-state index contributed by atoms with van der Waals surface area (Å²) in [4.78, 5) is 10.5. The number of hydrogen-bond donors (Lipinski definition) is 1. The molecule has 0 atom stereocenters. The fourth-order valence-corrected chi connectivity index (χ4v) is 1.77. The second kappa shape index (κ2) is 5.67. The molecule has 19 heavy (non-hydrogen) atoms. The molecule has 0 aliphatic heterocycles. The highest BCUT2D eigenvalue weighted by atomic mass is 16.5. The maximum atomic E-state index is 5.80. The highest BCUT2D eigenvalue weighted by Gasteiger charge is 2.08. The van der Waals surface area contributed by atoms with E-state index in [9.17, 15) is 0 Å². The molecule has 1 heterocycles. The van der Waals surface area contributed by atoms with Crippen molar-refractivity contribution in [3.8, 4) is 0 Å². The van der Waals surface area contributed by atoms with Crippen LogP contribution in [0.3, 0.4) is 0 Å². The molecule has 0 fully saturated rings. The van der Waals surface area contributed by atoms with Crippen LogP contribution in [0.4, 0.5) is 17.3 Å². The van der Waals surface area contributed by atoms with Gasteiger partial charge in [0, 0.05) is 25.9 Å². The lowest BCUT2D eigenvalue weighted by Gasteiger charge is -2.19. The van der Waals surface area contributed by atoms with Gasteiger partial charge in [-0.3, -0.25) is 0 Å². The molecule has 0 saturated heterocycles. The number of methoxy groups -OCH3 is 1. The Morgan fingerprint density at radius 1 is 1.21 bits per heavy atom. The van der Waals surface area contributed by atoms with E-state index >= 15 is 0 Å². The van der Waals surface area contributed by atoms with Crippen LogP contribution in [-0.4, -0.2) is 24.1 Å². The van der Waals surface area contributed by atoms with Crippen LogP contribution < -0.4 is 10.6 Å². The van der Waals surface area contributed by atoms with Gasteiger partial charge >= 0.3 is 0 Å². The minimum atomic E-state index is 0.347. The summed E-state index contributed by atoms with van der Waals surface area (Å²) in [6, 6.07) is 9.96. The van der Waals surface area contributed by atoms with Gasteiger partial charge in [-0.15, -0.1) is 0 Å². The molecule has 0 bridgehead atoms. The van der Waals surface area contributed by atoms with Crippen molar-refractivity contribution in [3.63, 3.8) is 0 Å². The number of aromatic nitrogens is 2. The number of nitrogen functional groups attached to an aromatic ring is 1. The molecule has 0 radical (unpaired) electrons. The van der Waals surface area contributed by atoms with E-state index in [4.69, 9.17) is 10.5 Å². The van der Waals surface area contributed by atoms with Crippen molar-refractivity contribution in [2.75, 3.05) is 24.8 Å². The van der Waals surface area contributed by atoms with Crippen LogP contribution in [0.1, 0.15) is 11.4 Å². The Bertz CT molecular complexity index is 554. The van der Waals surface area contributed by atoms with Gasteiger partial charge in [-0.2, -0.15) is 0 Å². The standard InChI is InChI=1S/C14H18N4O/c1-10-4-6-11(7-5-10)18(2)14-8-12(15)16-13(17-14)9-19-3/h4-8H,9H2,1-3H3,(H2,15,16,17). The average molecular weight is 258 g/mol. The van der Waals surface area contributed by atoms with E-state index in [1.54, 1.807) is 13.2 Å². The predicted molar refractivity (Wildman–Crippen MR) is 76.4 cm³/mol. The van der Waals surface area contributed by atoms with E-state index in [0.717, 1.165) is 11.5 Å². The summed E-state index contributed by atoms with van der Waals surface area (Å²) in [5.41, 5.74) is 8.07. The number of hydrogen-bond acceptors (Lipinski definition) is 5. The topological polar surface area (TPSA) is 64.3 Å². The van der Waals surface area contributed by atoms with E-state index in [0.29, 0.717) is 18.2 Å². The van der Waals surface area contributed by atoms with Gasteiger partial charge in [0.2, 0.25) is 0 Å². The van der Waals surface area contributed by atoms with Crippen LogP contribution in [0, 0.1) is 6.92 Å². The van der Waals surface area contributed by atoms with Crippen LogP contribution in [0.2, 0.25) is 0 Å². The van der Waals surface area contributed by atoms with Crippen molar-refractivity contribution in [2.45, 2.75) is 13.5 Å². The van der Waals surface area contributed by atoms with Crippen molar-refractivity contribution < 1.29 is 4.74 Å². The third-order valence-corrected chi connectivity index (χ3v) is 2.82. The maximum absolute atomic E-state index is 5.80. The molecule has 0 amide bonds. The first-order chi connectivity index (χ1) is 9.10. The van der Waals surface area contributed by atoms with Gasteiger partial charge in [-0.1, -0.05) is 17.7 Å². The van der Waals surface area contributed by atoms with E-state index in [-0.39, 0.29) is 0 Å². The van der Waals surface area contributed by atoms with Crippen LogP contribution in [0.15, 0.2) is 30.3 Å². The van der Waals surface area contributed by atoms with E-state index < -0.39 is 0 Å². The molecule has 100 valence electrons. The molecule has 5 nitrogen and oxygen atoms in total. The number of ether oxygens (including phenoxy) is 1. The molecule has 0 spiro atoms. The molecule has 2 aromatic rings. The third kappa shape index (κ3) is 3.20. The molecule has 0 saturated carbocycles. The van der Waals surface area contributed by atoms with E-state index in [1.807, 2.05) is 24.1 Å². The van der Waals surface area contributed by atoms with Gasteiger partial charge in [0.15, 0.2) is 5.82 Å². The summed E-state index contributed by atoms with van der Waals surface area (Å²) in [7, 11) is 3.55.